The smallest absolute Gasteiger partial charge is 0.249 e. The second kappa shape index (κ2) is 24.7. The highest BCUT2D eigenvalue weighted by Crippen LogP contribution is 2.13. The molecule has 0 aliphatic heterocycles. The molecule has 0 aliphatic carbocycles. The molecule has 208 valence electrons. The normalized spacial score (nSPS) is 15.3. The first-order valence-corrected chi connectivity index (χ1v) is 14.6. The highest BCUT2D eigenvalue weighted by molar-refractivity contribution is 5.80. The summed E-state index contributed by atoms with van der Waals surface area (Å²) in [4.78, 5) is 12.3. The molecule has 5 N–H and O–H groups in total. The fraction of sp³-hybridized carbons (Fsp3) is 0.897. The molecule has 0 spiro atoms. The zero-order valence-electron chi connectivity index (χ0n) is 22.8. The van der Waals surface area contributed by atoms with E-state index in [2.05, 4.69) is 31.3 Å². The van der Waals surface area contributed by atoms with E-state index in [1.54, 1.807) is 0 Å². The highest BCUT2D eigenvalue weighted by atomic mass is 16.3. The Morgan fingerprint density at radius 1 is 0.686 bits per heavy atom. The van der Waals surface area contributed by atoms with Crippen molar-refractivity contribution >= 4 is 5.91 Å². The van der Waals surface area contributed by atoms with Gasteiger partial charge >= 0.3 is 0 Å². The fourth-order valence-electron chi connectivity index (χ4n) is 4.28. The van der Waals surface area contributed by atoms with Crippen LogP contribution in [0.2, 0.25) is 0 Å². The molecule has 6 nitrogen and oxygen atoms in total. The van der Waals surface area contributed by atoms with Crippen LogP contribution in [0.1, 0.15) is 136 Å². The molecule has 0 aromatic heterocycles. The van der Waals surface area contributed by atoms with E-state index >= 15 is 0 Å². The number of hydrogen-bond donors (Lipinski definition) is 5. The van der Waals surface area contributed by atoms with Gasteiger partial charge in [0.1, 0.15) is 12.2 Å². The van der Waals surface area contributed by atoms with Gasteiger partial charge in [0.15, 0.2) is 0 Å². The summed E-state index contributed by atoms with van der Waals surface area (Å²) in [5.74, 6) is -0.597. The molecular formula is C29H57NO5. The van der Waals surface area contributed by atoms with Gasteiger partial charge in [0.2, 0.25) is 5.91 Å². The minimum absolute atomic E-state index is 0.362. The third-order valence-electron chi connectivity index (χ3n) is 6.73. The molecule has 0 saturated carbocycles. The van der Waals surface area contributed by atoms with Crippen LogP contribution in [0.5, 0.6) is 0 Å². The summed E-state index contributed by atoms with van der Waals surface area (Å²) in [6, 6.07) is -0.979. The van der Waals surface area contributed by atoms with Gasteiger partial charge < -0.3 is 25.7 Å². The average molecular weight is 500 g/mol. The fourth-order valence-corrected chi connectivity index (χ4v) is 4.28. The SMILES string of the molecule is CCCCCC/C=C\CCCCCCCCC(O)C(=O)NC(CO)C(O)C(O)CCCCCCC. The highest BCUT2D eigenvalue weighted by Gasteiger charge is 2.28. The van der Waals surface area contributed by atoms with Crippen LogP contribution < -0.4 is 5.32 Å². The van der Waals surface area contributed by atoms with Crippen LogP contribution in [0.4, 0.5) is 0 Å². The number of aliphatic hydroxyl groups is 4. The topological polar surface area (TPSA) is 110 Å². The number of aliphatic hydroxyl groups excluding tert-OH is 4. The lowest BCUT2D eigenvalue weighted by Crippen LogP contribution is -2.53. The molecule has 0 aliphatic rings. The quantitative estimate of drug-likeness (QED) is 0.0835. The van der Waals surface area contributed by atoms with Gasteiger partial charge in [-0.05, 0) is 38.5 Å². The molecule has 0 fully saturated rings. The van der Waals surface area contributed by atoms with Crippen LogP contribution in [0.3, 0.4) is 0 Å². The molecule has 0 aromatic carbocycles. The van der Waals surface area contributed by atoms with Gasteiger partial charge in [-0.2, -0.15) is 0 Å². The summed E-state index contributed by atoms with van der Waals surface area (Å²) in [5, 5.41) is 42.7. The second-order valence-corrected chi connectivity index (χ2v) is 10.1. The lowest BCUT2D eigenvalue weighted by molar-refractivity contribution is -0.132. The first kappa shape index (κ1) is 34.0. The number of amides is 1. The number of carbonyl (C=O) groups is 1. The second-order valence-electron chi connectivity index (χ2n) is 10.1. The minimum atomic E-state index is -1.25. The van der Waals surface area contributed by atoms with E-state index in [1.807, 2.05) is 0 Å². The predicted molar refractivity (Wildman–Crippen MR) is 145 cm³/mol. The largest absolute Gasteiger partial charge is 0.394 e. The van der Waals surface area contributed by atoms with Crippen molar-refractivity contribution in [1.29, 1.82) is 0 Å². The molecule has 6 heteroatoms. The van der Waals surface area contributed by atoms with Crippen molar-refractivity contribution in [3.63, 3.8) is 0 Å². The maximum absolute atomic E-state index is 12.3. The Morgan fingerprint density at radius 2 is 1.14 bits per heavy atom. The molecule has 35 heavy (non-hydrogen) atoms. The molecule has 0 rings (SSSR count). The first-order chi connectivity index (χ1) is 17.0. The van der Waals surface area contributed by atoms with Gasteiger partial charge in [-0.1, -0.05) is 109 Å². The van der Waals surface area contributed by atoms with Crippen molar-refractivity contribution < 1.29 is 25.2 Å². The van der Waals surface area contributed by atoms with Crippen LogP contribution in [0.25, 0.3) is 0 Å². The summed E-state index contributed by atoms with van der Waals surface area (Å²) in [7, 11) is 0. The van der Waals surface area contributed by atoms with E-state index < -0.39 is 36.9 Å². The van der Waals surface area contributed by atoms with Gasteiger partial charge in [0, 0.05) is 0 Å². The molecule has 4 unspecified atom stereocenters. The van der Waals surface area contributed by atoms with Crippen molar-refractivity contribution in [2.75, 3.05) is 6.61 Å². The summed E-state index contributed by atoms with van der Waals surface area (Å²) >= 11 is 0. The van der Waals surface area contributed by atoms with E-state index in [-0.39, 0.29) is 0 Å². The Balaban J connectivity index is 3.87. The number of nitrogens with one attached hydrogen (secondary N) is 1. The minimum Gasteiger partial charge on any atom is -0.394 e. The molecule has 0 saturated heterocycles. The van der Waals surface area contributed by atoms with Crippen molar-refractivity contribution in [2.45, 2.75) is 160 Å². The molecule has 0 radical (unpaired) electrons. The van der Waals surface area contributed by atoms with E-state index in [0.29, 0.717) is 12.8 Å². The van der Waals surface area contributed by atoms with Crippen molar-refractivity contribution in [3.8, 4) is 0 Å². The van der Waals surface area contributed by atoms with Gasteiger partial charge in [-0.3, -0.25) is 4.79 Å². The van der Waals surface area contributed by atoms with Crippen LogP contribution in [-0.2, 0) is 4.79 Å². The lowest BCUT2D eigenvalue weighted by Gasteiger charge is -2.27. The van der Waals surface area contributed by atoms with Gasteiger partial charge in [0.25, 0.3) is 0 Å². The Kier molecular flexibility index (Phi) is 24.1. The molecule has 4 atom stereocenters. The van der Waals surface area contributed by atoms with Crippen LogP contribution in [0, 0.1) is 0 Å². The van der Waals surface area contributed by atoms with E-state index in [9.17, 15) is 25.2 Å². The Hall–Kier alpha value is -0.950. The molecule has 1 amide bonds. The Morgan fingerprint density at radius 3 is 1.69 bits per heavy atom. The number of allylic oxidation sites excluding steroid dienone is 2. The zero-order chi connectivity index (χ0) is 26.2. The van der Waals surface area contributed by atoms with E-state index in [0.717, 1.165) is 57.8 Å². The molecule has 0 heterocycles. The Labute approximate surface area is 215 Å². The van der Waals surface area contributed by atoms with Crippen molar-refractivity contribution in [3.05, 3.63) is 12.2 Å². The van der Waals surface area contributed by atoms with Gasteiger partial charge in [-0.15, -0.1) is 0 Å². The van der Waals surface area contributed by atoms with Crippen LogP contribution in [-0.4, -0.2) is 57.3 Å². The molecule has 0 aromatic rings. The predicted octanol–water partition coefficient (Wildman–Crippen LogP) is 5.55. The van der Waals surface area contributed by atoms with Crippen molar-refractivity contribution in [1.82, 2.24) is 5.32 Å². The third-order valence-corrected chi connectivity index (χ3v) is 6.73. The monoisotopic (exact) mass is 499 g/mol. The summed E-state index contributed by atoms with van der Waals surface area (Å²) in [6.45, 7) is 3.89. The summed E-state index contributed by atoms with van der Waals surface area (Å²) in [5.41, 5.74) is 0. The van der Waals surface area contributed by atoms with Gasteiger partial charge in [-0.25, -0.2) is 0 Å². The van der Waals surface area contributed by atoms with Gasteiger partial charge in [0.05, 0.1) is 18.8 Å². The maximum Gasteiger partial charge on any atom is 0.249 e. The Bertz CT molecular complexity index is 499. The third kappa shape index (κ3) is 19.9. The summed E-state index contributed by atoms with van der Waals surface area (Å²) < 4.78 is 0. The van der Waals surface area contributed by atoms with Crippen molar-refractivity contribution in [2.24, 2.45) is 0 Å². The van der Waals surface area contributed by atoms with E-state index in [4.69, 9.17) is 0 Å². The number of unbranched alkanes of at least 4 members (excludes halogenated alkanes) is 14. The number of carbonyl (C=O) groups excluding carboxylic acids is 1. The van der Waals surface area contributed by atoms with E-state index in [1.165, 1.54) is 51.4 Å². The maximum atomic E-state index is 12.3. The number of rotatable bonds is 25. The number of hydrogen-bond acceptors (Lipinski definition) is 5. The molecule has 0 bridgehead atoms. The first-order valence-electron chi connectivity index (χ1n) is 14.6. The van der Waals surface area contributed by atoms with Crippen LogP contribution in [0.15, 0.2) is 12.2 Å². The lowest BCUT2D eigenvalue weighted by atomic mass is 9.99. The van der Waals surface area contributed by atoms with Crippen LogP contribution >= 0.6 is 0 Å². The zero-order valence-corrected chi connectivity index (χ0v) is 22.8. The standard InChI is InChI=1S/C29H57NO5/c1-3-5-7-9-10-11-12-13-14-15-16-17-19-21-23-27(33)29(35)30-25(24-31)28(34)26(32)22-20-18-8-6-4-2/h11-12,25-28,31-34H,3-10,13-24H2,1-2H3,(H,30,35)/b12-11-. The average Bonchev–Trinajstić information content (AvgIpc) is 2.86. The molecular weight excluding hydrogens is 442 g/mol. The summed E-state index contributed by atoms with van der Waals surface area (Å²) in [6.07, 6.45) is 21.2.